The smallest absolute Gasteiger partial charge is 0.321 e. The highest BCUT2D eigenvalue weighted by atomic mass is 16.5. The molecule has 6 heteroatoms. The van der Waals surface area contributed by atoms with Gasteiger partial charge in [-0.1, -0.05) is 12.1 Å². The number of nitrogens with zero attached hydrogens (tertiary/aromatic N) is 2. The number of carbonyl (C=O) groups is 1. The van der Waals surface area contributed by atoms with E-state index in [0.29, 0.717) is 6.61 Å². The molecule has 0 bridgehead atoms. The predicted octanol–water partition coefficient (Wildman–Crippen LogP) is 1.03. The molecule has 1 aromatic rings. The van der Waals surface area contributed by atoms with Gasteiger partial charge in [-0.3, -0.25) is 4.90 Å². The summed E-state index contributed by atoms with van der Waals surface area (Å²) in [6, 6.07) is 6.22. The summed E-state index contributed by atoms with van der Waals surface area (Å²) in [5.41, 5.74) is 8.77. The zero-order valence-electron chi connectivity index (χ0n) is 12.3. The van der Waals surface area contributed by atoms with Crippen molar-refractivity contribution in [2.75, 3.05) is 25.6 Å². The normalized spacial score (nSPS) is 23.2. The van der Waals surface area contributed by atoms with E-state index in [1.807, 2.05) is 12.1 Å². The summed E-state index contributed by atoms with van der Waals surface area (Å²) in [6.45, 7) is 0.524. The molecule has 6 nitrogen and oxygen atoms in total. The number of hydrogen-bond donors (Lipinski definition) is 2. The Labute approximate surface area is 124 Å². The Bertz CT molecular complexity index is 614. The molecule has 1 spiro atoms. The number of anilines is 1. The zero-order valence-corrected chi connectivity index (χ0v) is 12.3. The van der Waals surface area contributed by atoms with Gasteiger partial charge >= 0.3 is 6.03 Å². The number of amidine groups is 1. The van der Waals surface area contributed by atoms with Gasteiger partial charge in [0.05, 0.1) is 0 Å². The number of ether oxygens (including phenoxy) is 1. The summed E-state index contributed by atoms with van der Waals surface area (Å²) in [5, 5.41) is 2.65. The van der Waals surface area contributed by atoms with Crippen LogP contribution in [0.15, 0.2) is 23.2 Å². The summed E-state index contributed by atoms with van der Waals surface area (Å²) in [6.07, 6.45) is 2.60. The van der Waals surface area contributed by atoms with E-state index < -0.39 is 0 Å². The number of rotatable bonds is 1. The van der Waals surface area contributed by atoms with Crippen molar-refractivity contribution in [1.29, 1.82) is 0 Å². The maximum Gasteiger partial charge on any atom is 0.321 e. The lowest BCUT2D eigenvalue weighted by Gasteiger charge is -2.33. The van der Waals surface area contributed by atoms with Crippen LogP contribution in [0, 0.1) is 0 Å². The minimum atomic E-state index is -0.267. The van der Waals surface area contributed by atoms with E-state index in [-0.39, 0.29) is 17.6 Å². The average Bonchev–Trinajstić information content (AvgIpc) is 2.85. The Hall–Kier alpha value is -2.24. The van der Waals surface area contributed by atoms with Gasteiger partial charge < -0.3 is 15.8 Å². The number of aliphatic imine (C=N–C) groups is 1. The molecule has 1 heterocycles. The second-order valence-electron chi connectivity index (χ2n) is 5.67. The molecule has 2 amide bonds. The van der Waals surface area contributed by atoms with Crippen LogP contribution in [0.25, 0.3) is 0 Å². The zero-order chi connectivity index (χ0) is 15.0. The summed E-state index contributed by atoms with van der Waals surface area (Å²) >= 11 is 0. The number of fused-ring (bicyclic) bond motifs is 1. The SMILES string of the molecule is CNC(=O)N(C)c1cccc2c1CC1(CC2)COC(N)=N1. The highest BCUT2D eigenvalue weighted by molar-refractivity contribution is 5.92. The Morgan fingerprint density at radius 2 is 2.33 bits per heavy atom. The summed E-state index contributed by atoms with van der Waals surface area (Å²) < 4.78 is 5.37. The summed E-state index contributed by atoms with van der Waals surface area (Å²) in [4.78, 5) is 18.0. The average molecular weight is 288 g/mol. The maximum atomic E-state index is 11.9. The number of nitrogens with one attached hydrogen (secondary N) is 1. The summed E-state index contributed by atoms with van der Waals surface area (Å²) in [5.74, 6) is 0. The Morgan fingerprint density at radius 3 is 3.00 bits per heavy atom. The van der Waals surface area contributed by atoms with E-state index in [4.69, 9.17) is 10.5 Å². The first kappa shape index (κ1) is 13.7. The third-order valence-corrected chi connectivity index (χ3v) is 4.33. The molecule has 1 unspecified atom stereocenters. The molecule has 1 aliphatic carbocycles. The van der Waals surface area contributed by atoms with Crippen LogP contribution >= 0.6 is 0 Å². The molecule has 0 fully saturated rings. The van der Waals surface area contributed by atoms with E-state index in [0.717, 1.165) is 30.5 Å². The molecule has 3 N–H and O–H groups in total. The molecule has 0 saturated carbocycles. The first-order chi connectivity index (χ1) is 10.0. The molecule has 112 valence electrons. The van der Waals surface area contributed by atoms with Crippen LogP contribution in [0.4, 0.5) is 10.5 Å². The van der Waals surface area contributed by atoms with Gasteiger partial charge in [-0.15, -0.1) is 0 Å². The summed E-state index contributed by atoms with van der Waals surface area (Å²) in [7, 11) is 3.41. The van der Waals surface area contributed by atoms with Crippen LogP contribution < -0.4 is 16.0 Å². The monoisotopic (exact) mass is 288 g/mol. The predicted molar refractivity (Wildman–Crippen MR) is 81.6 cm³/mol. The standard InChI is InChI=1S/C15H20N4O2/c1-17-14(20)19(2)12-5-3-4-10-6-7-15(8-11(10)12)9-21-13(16)18-15/h3-5H,6-9H2,1-2H3,(H2,16,18)(H,17,20). The second-order valence-corrected chi connectivity index (χ2v) is 5.67. The van der Waals surface area contributed by atoms with Crippen molar-refractivity contribution in [1.82, 2.24) is 5.32 Å². The topological polar surface area (TPSA) is 80.0 Å². The molecule has 1 atom stereocenters. The van der Waals surface area contributed by atoms with Gasteiger partial charge in [-0.2, -0.15) is 0 Å². The first-order valence-corrected chi connectivity index (χ1v) is 7.09. The number of amides is 2. The minimum absolute atomic E-state index is 0.131. The van der Waals surface area contributed by atoms with Crippen LogP contribution in [0.2, 0.25) is 0 Å². The van der Waals surface area contributed by atoms with Gasteiger partial charge in [-0.05, 0) is 30.0 Å². The van der Waals surface area contributed by atoms with Crippen LogP contribution in [-0.4, -0.2) is 38.3 Å². The van der Waals surface area contributed by atoms with Crippen LogP contribution in [0.5, 0.6) is 0 Å². The molecule has 21 heavy (non-hydrogen) atoms. The number of aryl methyl sites for hydroxylation is 1. The molecular weight excluding hydrogens is 268 g/mol. The number of benzene rings is 1. The van der Waals surface area contributed by atoms with Crippen molar-refractivity contribution in [3.63, 3.8) is 0 Å². The molecule has 0 saturated heterocycles. The molecule has 2 aliphatic rings. The van der Waals surface area contributed by atoms with Gasteiger partial charge in [0.15, 0.2) is 0 Å². The van der Waals surface area contributed by atoms with Gasteiger partial charge in [-0.25, -0.2) is 9.79 Å². The van der Waals surface area contributed by atoms with Crippen molar-refractivity contribution < 1.29 is 9.53 Å². The molecule has 1 aliphatic heterocycles. The Balaban J connectivity index is 1.98. The van der Waals surface area contributed by atoms with Gasteiger partial charge in [0, 0.05) is 26.2 Å². The van der Waals surface area contributed by atoms with Crippen molar-refractivity contribution in [2.24, 2.45) is 10.7 Å². The van der Waals surface area contributed by atoms with Gasteiger partial charge in [0.1, 0.15) is 12.1 Å². The number of nitrogens with two attached hydrogens (primary N) is 1. The lowest BCUT2D eigenvalue weighted by molar-refractivity contribution is 0.235. The number of hydrogen-bond acceptors (Lipinski definition) is 4. The lowest BCUT2D eigenvalue weighted by Crippen LogP contribution is -2.39. The van der Waals surface area contributed by atoms with Crippen LogP contribution in [0.1, 0.15) is 17.5 Å². The van der Waals surface area contributed by atoms with E-state index in [1.54, 1.807) is 19.0 Å². The Morgan fingerprint density at radius 1 is 1.52 bits per heavy atom. The highest BCUT2D eigenvalue weighted by Gasteiger charge is 2.40. The third-order valence-electron chi connectivity index (χ3n) is 4.33. The molecule has 0 radical (unpaired) electrons. The largest absolute Gasteiger partial charge is 0.463 e. The van der Waals surface area contributed by atoms with Gasteiger partial charge in [0.25, 0.3) is 6.02 Å². The lowest BCUT2D eigenvalue weighted by atomic mass is 9.78. The molecule has 3 rings (SSSR count). The van der Waals surface area contributed by atoms with E-state index in [2.05, 4.69) is 16.4 Å². The number of urea groups is 1. The third kappa shape index (κ3) is 2.30. The fourth-order valence-electron chi connectivity index (χ4n) is 3.16. The molecule has 0 aromatic heterocycles. The first-order valence-electron chi connectivity index (χ1n) is 7.09. The van der Waals surface area contributed by atoms with Gasteiger partial charge in [0.2, 0.25) is 0 Å². The molecular formula is C15H20N4O2. The second kappa shape index (κ2) is 4.95. The van der Waals surface area contributed by atoms with E-state index >= 15 is 0 Å². The van der Waals surface area contributed by atoms with Crippen LogP contribution in [-0.2, 0) is 17.6 Å². The van der Waals surface area contributed by atoms with Crippen molar-refractivity contribution in [3.05, 3.63) is 29.3 Å². The fourth-order valence-corrected chi connectivity index (χ4v) is 3.16. The number of carbonyl (C=O) groups excluding carboxylic acids is 1. The quantitative estimate of drug-likeness (QED) is 0.810. The van der Waals surface area contributed by atoms with E-state index in [1.165, 1.54) is 5.56 Å². The molecule has 1 aromatic carbocycles. The fraction of sp³-hybridized carbons (Fsp3) is 0.467. The van der Waals surface area contributed by atoms with Crippen molar-refractivity contribution >= 4 is 17.7 Å². The highest BCUT2D eigenvalue weighted by Crippen LogP contribution is 2.38. The van der Waals surface area contributed by atoms with Crippen molar-refractivity contribution in [3.8, 4) is 0 Å². The Kier molecular flexibility index (Phi) is 3.23. The van der Waals surface area contributed by atoms with E-state index in [9.17, 15) is 4.79 Å². The van der Waals surface area contributed by atoms with Crippen LogP contribution in [0.3, 0.4) is 0 Å². The van der Waals surface area contributed by atoms with Crippen molar-refractivity contribution in [2.45, 2.75) is 24.8 Å². The maximum absolute atomic E-state index is 11.9. The minimum Gasteiger partial charge on any atom is -0.463 e.